The van der Waals surface area contributed by atoms with Crippen molar-refractivity contribution in [3.05, 3.63) is 33.8 Å². The Kier molecular flexibility index (Phi) is 4.69. The fourth-order valence-electron chi connectivity index (χ4n) is 1.25. The summed E-state index contributed by atoms with van der Waals surface area (Å²) in [6.45, 7) is 3.51. The number of rotatable bonds is 3. The van der Waals surface area contributed by atoms with Crippen molar-refractivity contribution in [3.8, 4) is 0 Å². The molecule has 0 bridgehead atoms. The molecule has 0 fully saturated rings. The zero-order valence-corrected chi connectivity index (χ0v) is 11.5. The van der Waals surface area contributed by atoms with E-state index in [4.69, 9.17) is 0 Å². The summed E-state index contributed by atoms with van der Waals surface area (Å²) in [4.78, 5) is 23.0. The summed E-state index contributed by atoms with van der Waals surface area (Å²) in [6, 6.07) is 4.60. The maximum absolute atomic E-state index is 11.8. The molecule has 5 heteroatoms. The van der Waals surface area contributed by atoms with E-state index in [0.717, 1.165) is 10.0 Å². The first-order valence-corrected chi connectivity index (χ1v) is 5.90. The highest BCUT2D eigenvalue weighted by atomic mass is 79.9. The smallest absolute Gasteiger partial charge is 0.328 e. The number of esters is 1. The third-order valence-corrected chi connectivity index (χ3v) is 3.19. The Balaban J connectivity index is 2.76. The Bertz CT molecular complexity index is 445. The number of halogens is 1. The first-order chi connectivity index (χ1) is 7.95. The second-order valence-electron chi connectivity index (χ2n) is 3.68. The van der Waals surface area contributed by atoms with Crippen LogP contribution in [-0.4, -0.2) is 25.0 Å². The molecule has 4 nitrogen and oxygen atoms in total. The van der Waals surface area contributed by atoms with Crippen molar-refractivity contribution in [2.24, 2.45) is 0 Å². The molecule has 0 radical (unpaired) electrons. The largest absolute Gasteiger partial charge is 0.467 e. The van der Waals surface area contributed by atoms with Crippen molar-refractivity contribution in [1.82, 2.24) is 5.32 Å². The zero-order valence-electron chi connectivity index (χ0n) is 9.91. The van der Waals surface area contributed by atoms with Gasteiger partial charge < -0.3 is 10.1 Å². The minimum Gasteiger partial charge on any atom is -0.467 e. The van der Waals surface area contributed by atoms with Crippen LogP contribution in [0.5, 0.6) is 0 Å². The Morgan fingerprint density at radius 1 is 1.41 bits per heavy atom. The quantitative estimate of drug-likeness (QED) is 0.869. The van der Waals surface area contributed by atoms with Crippen LogP contribution in [0.3, 0.4) is 0 Å². The van der Waals surface area contributed by atoms with Gasteiger partial charge in [-0.25, -0.2) is 4.79 Å². The predicted molar refractivity (Wildman–Crippen MR) is 67.8 cm³/mol. The number of hydrogen-bond donors (Lipinski definition) is 1. The Morgan fingerprint density at radius 2 is 2.06 bits per heavy atom. The van der Waals surface area contributed by atoms with Gasteiger partial charge in [0, 0.05) is 10.0 Å². The van der Waals surface area contributed by atoms with E-state index in [9.17, 15) is 9.59 Å². The highest BCUT2D eigenvalue weighted by molar-refractivity contribution is 9.10. The van der Waals surface area contributed by atoms with Crippen LogP contribution >= 0.6 is 15.9 Å². The molecule has 17 heavy (non-hydrogen) atoms. The van der Waals surface area contributed by atoms with Crippen molar-refractivity contribution < 1.29 is 14.3 Å². The van der Waals surface area contributed by atoms with E-state index in [1.54, 1.807) is 19.1 Å². The summed E-state index contributed by atoms with van der Waals surface area (Å²) in [7, 11) is 1.29. The van der Waals surface area contributed by atoms with E-state index in [0.29, 0.717) is 5.56 Å². The Labute approximate surface area is 108 Å². The monoisotopic (exact) mass is 299 g/mol. The fraction of sp³-hybridized carbons (Fsp3) is 0.333. The van der Waals surface area contributed by atoms with Gasteiger partial charge in [0.1, 0.15) is 6.04 Å². The second kappa shape index (κ2) is 5.82. The van der Waals surface area contributed by atoms with Crippen LogP contribution in [0.15, 0.2) is 22.7 Å². The molecule has 1 atom stereocenters. The fourth-order valence-corrected chi connectivity index (χ4v) is 1.63. The van der Waals surface area contributed by atoms with E-state index in [2.05, 4.69) is 26.0 Å². The number of hydrogen-bond acceptors (Lipinski definition) is 3. The van der Waals surface area contributed by atoms with Crippen molar-refractivity contribution in [1.29, 1.82) is 0 Å². The average Bonchev–Trinajstić information content (AvgIpc) is 2.31. The number of ether oxygens (including phenoxy) is 1. The molecule has 0 aliphatic carbocycles. The summed E-state index contributed by atoms with van der Waals surface area (Å²) in [6.07, 6.45) is 0. The zero-order chi connectivity index (χ0) is 13.0. The van der Waals surface area contributed by atoms with Crippen molar-refractivity contribution in [2.75, 3.05) is 7.11 Å². The molecule has 1 aromatic rings. The SMILES string of the molecule is COC(=O)C(C)NC(=O)c1ccc(C)c(Br)c1. The predicted octanol–water partition coefficient (Wildman–Crippen LogP) is 2.05. The first kappa shape index (κ1) is 13.7. The number of carbonyl (C=O) groups is 2. The molecule has 1 amide bonds. The molecule has 1 unspecified atom stereocenters. The van der Waals surface area contributed by atoms with Gasteiger partial charge in [0.05, 0.1) is 7.11 Å². The van der Waals surface area contributed by atoms with Gasteiger partial charge in [-0.1, -0.05) is 22.0 Å². The minimum absolute atomic E-state index is 0.302. The molecular formula is C12H14BrNO3. The molecule has 0 spiro atoms. The lowest BCUT2D eigenvalue weighted by Crippen LogP contribution is -2.39. The molecule has 1 rings (SSSR count). The first-order valence-electron chi connectivity index (χ1n) is 5.10. The van der Waals surface area contributed by atoms with Gasteiger partial charge >= 0.3 is 5.97 Å². The standard InChI is InChI=1S/C12H14BrNO3/c1-7-4-5-9(6-10(7)13)11(15)14-8(2)12(16)17-3/h4-6,8H,1-3H3,(H,14,15). The molecule has 0 saturated heterocycles. The van der Waals surface area contributed by atoms with Gasteiger partial charge in [-0.3, -0.25) is 4.79 Å². The topological polar surface area (TPSA) is 55.4 Å². The molecule has 0 aliphatic heterocycles. The normalized spacial score (nSPS) is 11.8. The van der Waals surface area contributed by atoms with Crippen LogP contribution in [0, 0.1) is 6.92 Å². The van der Waals surface area contributed by atoms with Crippen LogP contribution in [0.25, 0.3) is 0 Å². The molecule has 1 aromatic carbocycles. The van der Waals surface area contributed by atoms with E-state index in [-0.39, 0.29) is 5.91 Å². The third-order valence-electron chi connectivity index (χ3n) is 2.34. The highest BCUT2D eigenvalue weighted by Crippen LogP contribution is 2.17. The molecular weight excluding hydrogens is 286 g/mol. The van der Waals surface area contributed by atoms with Gasteiger partial charge in [-0.15, -0.1) is 0 Å². The summed E-state index contributed by atoms with van der Waals surface area (Å²) in [5.74, 6) is -0.770. The van der Waals surface area contributed by atoms with Gasteiger partial charge in [0.15, 0.2) is 0 Å². The number of nitrogens with one attached hydrogen (secondary N) is 1. The maximum Gasteiger partial charge on any atom is 0.328 e. The minimum atomic E-state index is -0.660. The average molecular weight is 300 g/mol. The lowest BCUT2D eigenvalue weighted by Gasteiger charge is -2.11. The van der Waals surface area contributed by atoms with Crippen LogP contribution < -0.4 is 5.32 Å². The summed E-state index contributed by atoms with van der Waals surface area (Å²) in [5.41, 5.74) is 1.54. The molecule has 0 saturated carbocycles. The van der Waals surface area contributed by atoms with Crippen molar-refractivity contribution in [2.45, 2.75) is 19.9 Å². The van der Waals surface area contributed by atoms with Crippen LogP contribution in [0.1, 0.15) is 22.8 Å². The molecule has 0 aliphatic rings. The Hall–Kier alpha value is -1.36. The number of aryl methyl sites for hydroxylation is 1. The summed E-state index contributed by atoms with van der Waals surface area (Å²) >= 11 is 3.35. The Morgan fingerprint density at radius 3 is 2.59 bits per heavy atom. The number of carbonyl (C=O) groups excluding carboxylic acids is 2. The molecule has 0 heterocycles. The number of amides is 1. The van der Waals surface area contributed by atoms with Gasteiger partial charge in [0.2, 0.25) is 0 Å². The maximum atomic E-state index is 11.8. The number of benzene rings is 1. The lowest BCUT2D eigenvalue weighted by atomic mass is 10.1. The van der Waals surface area contributed by atoms with Crippen LogP contribution in [0.4, 0.5) is 0 Å². The van der Waals surface area contributed by atoms with Gasteiger partial charge in [0.25, 0.3) is 5.91 Å². The summed E-state index contributed by atoms with van der Waals surface area (Å²) in [5, 5.41) is 2.56. The van der Waals surface area contributed by atoms with E-state index < -0.39 is 12.0 Å². The van der Waals surface area contributed by atoms with Crippen LogP contribution in [-0.2, 0) is 9.53 Å². The molecule has 0 aromatic heterocycles. The van der Waals surface area contributed by atoms with E-state index in [1.165, 1.54) is 7.11 Å². The van der Waals surface area contributed by atoms with Crippen molar-refractivity contribution >= 4 is 27.8 Å². The van der Waals surface area contributed by atoms with Gasteiger partial charge in [-0.2, -0.15) is 0 Å². The highest BCUT2D eigenvalue weighted by Gasteiger charge is 2.16. The van der Waals surface area contributed by atoms with E-state index >= 15 is 0 Å². The third kappa shape index (κ3) is 3.56. The number of methoxy groups -OCH3 is 1. The van der Waals surface area contributed by atoms with Gasteiger partial charge in [-0.05, 0) is 31.5 Å². The van der Waals surface area contributed by atoms with E-state index in [1.807, 2.05) is 13.0 Å². The molecule has 1 N–H and O–H groups in total. The second-order valence-corrected chi connectivity index (χ2v) is 4.54. The van der Waals surface area contributed by atoms with Crippen LogP contribution in [0.2, 0.25) is 0 Å². The molecule has 92 valence electrons. The summed E-state index contributed by atoms with van der Waals surface area (Å²) < 4.78 is 5.39. The van der Waals surface area contributed by atoms with Crippen molar-refractivity contribution in [3.63, 3.8) is 0 Å². The lowest BCUT2D eigenvalue weighted by molar-refractivity contribution is -0.142.